The molecule has 0 spiro atoms. The lowest BCUT2D eigenvalue weighted by atomic mass is 10.2. The molecule has 4 rings (SSSR count). The fourth-order valence-electron chi connectivity index (χ4n) is 3.08. The number of likely N-dealkylation sites (N-methyl/N-ethyl adjacent to an activating group) is 1. The first-order valence-electron chi connectivity index (χ1n) is 9.02. The van der Waals surface area contributed by atoms with E-state index in [2.05, 4.69) is 17.2 Å². The van der Waals surface area contributed by atoms with Crippen LogP contribution in [0.25, 0.3) is 10.6 Å². The largest absolute Gasteiger partial charge is 0.486 e. The van der Waals surface area contributed by atoms with E-state index >= 15 is 0 Å². The van der Waals surface area contributed by atoms with Crippen molar-refractivity contribution < 1.29 is 13.9 Å². The van der Waals surface area contributed by atoms with Crippen LogP contribution in [0.4, 0.5) is 4.39 Å². The number of nitrogens with zero attached hydrogens (tertiary/aromatic N) is 2. The summed E-state index contributed by atoms with van der Waals surface area (Å²) in [5.41, 5.74) is 1.95. The van der Waals surface area contributed by atoms with Crippen LogP contribution in [-0.2, 0) is 6.54 Å². The van der Waals surface area contributed by atoms with Crippen molar-refractivity contribution in [3.05, 3.63) is 65.4 Å². The number of halogens is 1. The average molecular weight is 384 g/mol. The maximum Gasteiger partial charge on any atom is 0.161 e. The fraction of sp³-hybridized carbons (Fsp3) is 0.286. The quantitative estimate of drug-likeness (QED) is 0.622. The number of hydrogen-bond acceptors (Lipinski definition) is 5. The third kappa shape index (κ3) is 4.28. The molecule has 4 nitrogen and oxygen atoms in total. The Kier molecular flexibility index (Phi) is 5.36. The maximum atomic E-state index is 13.1. The van der Waals surface area contributed by atoms with Crippen LogP contribution < -0.4 is 9.47 Å². The van der Waals surface area contributed by atoms with Crippen LogP contribution in [0, 0.1) is 5.82 Å². The minimum Gasteiger partial charge on any atom is -0.486 e. The summed E-state index contributed by atoms with van der Waals surface area (Å²) < 4.78 is 25.0. The lowest BCUT2D eigenvalue weighted by Gasteiger charge is -2.30. The first-order valence-corrected chi connectivity index (χ1v) is 9.90. The number of hydrogen-bond donors (Lipinski definition) is 0. The monoisotopic (exact) mass is 384 g/mol. The molecule has 0 saturated carbocycles. The molecular weight excluding hydrogens is 363 g/mol. The van der Waals surface area contributed by atoms with Gasteiger partial charge in [-0.25, -0.2) is 9.37 Å². The normalized spacial score (nSPS) is 15.9. The molecule has 0 fully saturated rings. The molecule has 0 unspecified atom stereocenters. The van der Waals surface area contributed by atoms with E-state index in [1.165, 1.54) is 12.1 Å². The first kappa shape index (κ1) is 17.9. The lowest BCUT2D eigenvalue weighted by molar-refractivity contribution is 0.0577. The van der Waals surface area contributed by atoms with Crippen LogP contribution >= 0.6 is 11.3 Å². The van der Waals surface area contributed by atoms with Crippen LogP contribution in [0.15, 0.2) is 53.9 Å². The molecule has 0 N–H and O–H groups in total. The molecule has 1 aromatic heterocycles. The number of thiazole rings is 1. The van der Waals surface area contributed by atoms with Crippen molar-refractivity contribution in [1.29, 1.82) is 0 Å². The summed E-state index contributed by atoms with van der Waals surface area (Å²) >= 11 is 1.58. The number of fused-ring (bicyclic) bond motifs is 1. The van der Waals surface area contributed by atoms with Gasteiger partial charge < -0.3 is 9.47 Å². The predicted octanol–water partition coefficient (Wildman–Crippen LogP) is 4.61. The van der Waals surface area contributed by atoms with Gasteiger partial charge >= 0.3 is 0 Å². The van der Waals surface area contributed by atoms with E-state index in [0.717, 1.165) is 47.4 Å². The van der Waals surface area contributed by atoms with E-state index in [1.54, 1.807) is 23.5 Å². The number of ether oxygens (including phenoxy) is 2. The Morgan fingerprint density at radius 3 is 2.70 bits per heavy atom. The van der Waals surface area contributed by atoms with Gasteiger partial charge in [-0.1, -0.05) is 19.1 Å². The standard InChI is InChI=1S/C21H21FN2O2S/c1-2-24(12-18-13-25-19-5-3-4-6-20(19)26-18)11-17-14-27-21(23-17)15-7-9-16(22)10-8-15/h3-10,14,18H,2,11-13H2,1H3/t18-/m1/s1. The highest BCUT2D eigenvalue weighted by Gasteiger charge is 2.23. The zero-order valence-corrected chi connectivity index (χ0v) is 15.9. The third-order valence-electron chi connectivity index (χ3n) is 4.51. The number of para-hydroxylation sites is 2. The van der Waals surface area contributed by atoms with Gasteiger partial charge in [0.05, 0.1) is 5.69 Å². The molecule has 0 amide bonds. The molecule has 140 valence electrons. The van der Waals surface area contributed by atoms with Crippen LogP contribution in [0.2, 0.25) is 0 Å². The van der Waals surface area contributed by atoms with Crippen molar-refractivity contribution in [3.8, 4) is 22.1 Å². The van der Waals surface area contributed by atoms with Gasteiger partial charge in [-0.15, -0.1) is 11.3 Å². The van der Waals surface area contributed by atoms with Gasteiger partial charge in [-0.05, 0) is 42.9 Å². The molecule has 0 saturated heterocycles. The molecule has 27 heavy (non-hydrogen) atoms. The molecule has 0 bridgehead atoms. The SMILES string of the molecule is CCN(Cc1csc(-c2ccc(F)cc2)n1)C[C@@H]1COc2ccccc2O1. The molecule has 1 aliphatic rings. The topological polar surface area (TPSA) is 34.6 Å². The van der Waals surface area contributed by atoms with Gasteiger partial charge in [0.2, 0.25) is 0 Å². The van der Waals surface area contributed by atoms with E-state index in [9.17, 15) is 4.39 Å². The minimum absolute atomic E-state index is 0.00458. The zero-order chi connectivity index (χ0) is 18.6. The second-order valence-corrected chi connectivity index (χ2v) is 7.33. The molecule has 2 heterocycles. The number of rotatable bonds is 6. The van der Waals surface area contributed by atoms with E-state index in [4.69, 9.17) is 14.5 Å². The van der Waals surface area contributed by atoms with E-state index < -0.39 is 0 Å². The van der Waals surface area contributed by atoms with Gasteiger partial charge in [0.25, 0.3) is 0 Å². The Labute approximate surface area is 162 Å². The van der Waals surface area contributed by atoms with Crippen molar-refractivity contribution in [2.24, 2.45) is 0 Å². The highest BCUT2D eigenvalue weighted by atomic mass is 32.1. The Hall–Kier alpha value is -2.44. The maximum absolute atomic E-state index is 13.1. The summed E-state index contributed by atoms with van der Waals surface area (Å²) in [5.74, 6) is 1.38. The molecule has 3 aromatic rings. The van der Waals surface area contributed by atoms with Gasteiger partial charge in [-0.2, -0.15) is 0 Å². The van der Waals surface area contributed by atoms with Crippen molar-refractivity contribution in [1.82, 2.24) is 9.88 Å². The van der Waals surface area contributed by atoms with E-state index in [1.807, 2.05) is 24.3 Å². The van der Waals surface area contributed by atoms with Crippen LogP contribution in [0.5, 0.6) is 11.5 Å². The van der Waals surface area contributed by atoms with Crippen LogP contribution in [-0.4, -0.2) is 35.7 Å². The average Bonchev–Trinajstić information content (AvgIpc) is 3.16. The number of benzene rings is 2. The Bertz CT molecular complexity index is 897. The van der Waals surface area contributed by atoms with E-state index in [-0.39, 0.29) is 11.9 Å². The second-order valence-electron chi connectivity index (χ2n) is 6.48. The van der Waals surface area contributed by atoms with E-state index in [0.29, 0.717) is 6.61 Å². The van der Waals surface area contributed by atoms with Gasteiger partial charge in [0.15, 0.2) is 11.5 Å². The Morgan fingerprint density at radius 2 is 1.93 bits per heavy atom. The first-order chi connectivity index (χ1) is 13.2. The van der Waals surface area contributed by atoms with Crippen LogP contribution in [0.1, 0.15) is 12.6 Å². The lowest BCUT2D eigenvalue weighted by Crippen LogP contribution is -2.40. The van der Waals surface area contributed by atoms with Gasteiger partial charge in [-0.3, -0.25) is 4.90 Å². The molecular formula is C21H21FN2O2S. The predicted molar refractivity (Wildman–Crippen MR) is 105 cm³/mol. The molecule has 2 aromatic carbocycles. The van der Waals surface area contributed by atoms with Crippen molar-refractivity contribution in [2.75, 3.05) is 19.7 Å². The summed E-state index contributed by atoms with van der Waals surface area (Å²) in [5, 5.41) is 2.97. The minimum atomic E-state index is -0.232. The molecule has 0 radical (unpaired) electrons. The van der Waals surface area contributed by atoms with Crippen molar-refractivity contribution in [2.45, 2.75) is 19.6 Å². The van der Waals surface area contributed by atoms with Gasteiger partial charge in [0.1, 0.15) is 23.5 Å². The highest BCUT2D eigenvalue weighted by Crippen LogP contribution is 2.31. The summed E-state index contributed by atoms with van der Waals surface area (Å²) in [4.78, 5) is 7.01. The molecule has 0 aliphatic carbocycles. The van der Waals surface area contributed by atoms with Gasteiger partial charge in [0, 0.05) is 24.0 Å². The summed E-state index contributed by atoms with van der Waals surface area (Å²) in [6.07, 6.45) is -0.00458. The zero-order valence-electron chi connectivity index (χ0n) is 15.1. The third-order valence-corrected chi connectivity index (χ3v) is 5.45. The Balaban J connectivity index is 1.39. The van der Waals surface area contributed by atoms with Crippen molar-refractivity contribution in [3.63, 3.8) is 0 Å². The van der Waals surface area contributed by atoms with Crippen LogP contribution in [0.3, 0.4) is 0 Å². The molecule has 1 atom stereocenters. The molecule has 1 aliphatic heterocycles. The Morgan fingerprint density at radius 1 is 1.15 bits per heavy atom. The highest BCUT2D eigenvalue weighted by molar-refractivity contribution is 7.13. The smallest absolute Gasteiger partial charge is 0.161 e. The van der Waals surface area contributed by atoms with Crippen molar-refractivity contribution >= 4 is 11.3 Å². The number of aromatic nitrogens is 1. The summed E-state index contributed by atoms with van der Waals surface area (Å²) in [6.45, 7) is 5.09. The fourth-order valence-corrected chi connectivity index (χ4v) is 3.90. The summed E-state index contributed by atoms with van der Waals surface area (Å²) in [6, 6.07) is 14.2. The molecule has 6 heteroatoms. The summed E-state index contributed by atoms with van der Waals surface area (Å²) in [7, 11) is 0. The second kappa shape index (κ2) is 8.06.